The molecular formula is C19H23N3O. The fraction of sp³-hybridized carbons (Fsp3) is 0.263. The summed E-state index contributed by atoms with van der Waals surface area (Å²) in [6, 6.07) is 15.0. The van der Waals surface area contributed by atoms with E-state index in [0.717, 1.165) is 11.3 Å². The monoisotopic (exact) mass is 309 g/mol. The molecule has 0 spiro atoms. The number of amides is 1. The third-order valence-electron chi connectivity index (χ3n) is 3.67. The van der Waals surface area contributed by atoms with Crippen molar-refractivity contribution in [2.45, 2.75) is 33.1 Å². The summed E-state index contributed by atoms with van der Waals surface area (Å²) in [5.74, 6) is -0.254. The molecule has 0 unspecified atom stereocenters. The van der Waals surface area contributed by atoms with E-state index in [4.69, 9.17) is 5.73 Å². The van der Waals surface area contributed by atoms with Crippen LogP contribution in [0.5, 0.6) is 0 Å². The van der Waals surface area contributed by atoms with Crippen molar-refractivity contribution in [3.63, 3.8) is 0 Å². The van der Waals surface area contributed by atoms with Crippen molar-refractivity contribution >= 4 is 17.3 Å². The number of nitrogens with two attached hydrogens (primary N) is 1. The third kappa shape index (κ3) is 4.42. The van der Waals surface area contributed by atoms with Gasteiger partial charge in [0.15, 0.2) is 0 Å². The van der Waals surface area contributed by atoms with E-state index >= 15 is 0 Å². The van der Waals surface area contributed by atoms with Gasteiger partial charge in [-0.3, -0.25) is 4.79 Å². The van der Waals surface area contributed by atoms with Crippen LogP contribution in [0.3, 0.4) is 0 Å². The van der Waals surface area contributed by atoms with Gasteiger partial charge >= 0.3 is 0 Å². The van der Waals surface area contributed by atoms with Crippen LogP contribution in [0.4, 0.5) is 5.69 Å². The fourth-order valence-corrected chi connectivity index (χ4v) is 2.11. The number of carbonyl (C=O) groups excluding carboxylic acids is 1. The van der Waals surface area contributed by atoms with Gasteiger partial charge in [-0.25, -0.2) is 5.43 Å². The molecule has 0 saturated carbocycles. The van der Waals surface area contributed by atoms with Crippen molar-refractivity contribution in [1.82, 2.24) is 5.43 Å². The molecule has 0 heterocycles. The van der Waals surface area contributed by atoms with Gasteiger partial charge in [0.05, 0.1) is 5.71 Å². The van der Waals surface area contributed by atoms with E-state index in [1.807, 2.05) is 19.1 Å². The second-order valence-corrected chi connectivity index (χ2v) is 6.59. The Morgan fingerprint density at radius 2 is 1.48 bits per heavy atom. The summed E-state index contributed by atoms with van der Waals surface area (Å²) in [6.07, 6.45) is 0. The Labute approximate surface area is 137 Å². The van der Waals surface area contributed by atoms with Gasteiger partial charge in [-0.2, -0.15) is 5.10 Å². The lowest BCUT2D eigenvalue weighted by atomic mass is 9.86. The standard InChI is InChI=1S/C19H23N3O/c1-13(14-5-9-16(10-6-14)19(2,3)4)21-22-18(23)15-7-11-17(20)12-8-15/h5-12H,20H2,1-4H3,(H,22,23). The molecule has 0 aliphatic carbocycles. The van der Waals surface area contributed by atoms with Crippen LogP contribution in [-0.4, -0.2) is 11.6 Å². The molecule has 0 atom stereocenters. The minimum absolute atomic E-state index is 0.118. The minimum atomic E-state index is -0.254. The lowest BCUT2D eigenvalue weighted by Crippen LogP contribution is -2.19. The Morgan fingerprint density at radius 3 is 2.00 bits per heavy atom. The summed E-state index contributed by atoms with van der Waals surface area (Å²) in [5.41, 5.74) is 12.5. The number of rotatable bonds is 3. The normalized spacial score (nSPS) is 12.1. The highest BCUT2D eigenvalue weighted by Crippen LogP contribution is 2.22. The molecule has 1 amide bonds. The second-order valence-electron chi connectivity index (χ2n) is 6.59. The highest BCUT2D eigenvalue weighted by molar-refractivity contribution is 6.00. The van der Waals surface area contributed by atoms with Crippen LogP contribution in [0.2, 0.25) is 0 Å². The maximum Gasteiger partial charge on any atom is 0.271 e. The average Bonchev–Trinajstić information content (AvgIpc) is 2.52. The van der Waals surface area contributed by atoms with Crippen molar-refractivity contribution in [3.8, 4) is 0 Å². The smallest absolute Gasteiger partial charge is 0.271 e. The van der Waals surface area contributed by atoms with Crippen LogP contribution < -0.4 is 11.2 Å². The average molecular weight is 309 g/mol. The first-order valence-corrected chi connectivity index (χ1v) is 7.58. The van der Waals surface area contributed by atoms with Crippen LogP contribution in [0.1, 0.15) is 49.2 Å². The molecule has 0 aliphatic heterocycles. The van der Waals surface area contributed by atoms with Crippen molar-refractivity contribution in [3.05, 3.63) is 65.2 Å². The Kier molecular flexibility index (Phi) is 4.84. The summed E-state index contributed by atoms with van der Waals surface area (Å²) in [5, 5.41) is 4.17. The molecule has 0 aromatic heterocycles. The lowest BCUT2D eigenvalue weighted by Gasteiger charge is -2.19. The van der Waals surface area contributed by atoms with E-state index in [1.165, 1.54) is 5.56 Å². The number of hydrogen-bond acceptors (Lipinski definition) is 3. The van der Waals surface area contributed by atoms with E-state index < -0.39 is 0 Å². The topological polar surface area (TPSA) is 67.5 Å². The van der Waals surface area contributed by atoms with Gasteiger partial charge in [0.25, 0.3) is 5.91 Å². The number of benzene rings is 2. The Bertz CT molecular complexity index is 708. The Hall–Kier alpha value is -2.62. The van der Waals surface area contributed by atoms with Crippen LogP contribution in [0, 0.1) is 0 Å². The predicted octanol–water partition coefficient (Wildman–Crippen LogP) is 3.72. The zero-order chi connectivity index (χ0) is 17.0. The summed E-state index contributed by atoms with van der Waals surface area (Å²) >= 11 is 0. The van der Waals surface area contributed by atoms with E-state index in [0.29, 0.717) is 11.3 Å². The third-order valence-corrected chi connectivity index (χ3v) is 3.67. The highest BCUT2D eigenvalue weighted by atomic mass is 16.2. The molecule has 0 radical (unpaired) electrons. The van der Waals surface area contributed by atoms with Gasteiger partial charge in [-0.15, -0.1) is 0 Å². The molecule has 2 aromatic rings. The second kappa shape index (κ2) is 6.65. The van der Waals surface area contributed by atoms with Crippen molar-refractivity contribution in [2.24, 2.45) is 5.10 Å². The number of nitrogens with one attached hydrogen (secondary N) is 1. The molecule has 0 saturated heterocycles. The largest absolute Gasteiger partial charge is 0.399 e. The van der Waals surface area contributed by atoms with Crippen LogP contribution in [-0.2, 0) is 5.41 Å². The molecule has 2 aromatic carbocycles. The zero-order valence-corrected chi connectivity index (χ0v) is 14.1. The minimum Gasteiger partial charge on any atom is -0.399 e. The van der Waals surface area contributed by atoms with E-state index in [1.54, 1.807) is 24.3 Å². The summed E-state index contributed by atoms with van der Waals surface area (Å²) in [4.78, 5) is 12.0. The number of carbonyl (C=O) groups is 1. The van der Waals surface area contributed by atoms with Crippen molar-refractivity contribution < 1.29 is 4.79 Å². The summed E-state index contributed by atoms with van der Waals surface area (Å²) in [6.45, 7) is 8.40. The van der Waals surface area contributed by atoms with Gasteiger partial charge in [0.1, 0.15) is 0 Å². The first-order valence-electron chi connectivity index (χ1n) is 7.58. The quantitative estimate of drug-likeness (QED) is 0.515. The van der Waals surface area contributed by atoms with Crippen molar-refractivity contribution in [1.29, 1.82) is 0 Å². The number of anilines is 1. The van der Waals surface area contributed by atoms with E-state index in [-0.39, 0.29) is 11.3 Å². The first-order chi connectivity index (χ1) is 10.8. The molecule has 4 nitrogen and oxygen atoms in total. The molecule has 0 bridgehead atoms. The number of nitrogen functional groups attached to an aromatic ring is 1. The molecule has 120 valence electrons. The Morgan fingerprint density at radius 1 is 0.957 bits per heavy atom. The van der Waals surface area contributed by atoms with Gasteiger partial charge < -0.3 is 5.73 Å². The lowest BCUT2D eigenvalue weighted by molar-refractivity contribution is 0.0955. The molecule has 0 fully saturated rings. The first kappa shape index (κ1) is 16.7. The van der Waals surface area contributed by atoms with Gasteiger partial charge in [-0.1, -0.05) is 45.0 Å². The molecular weight excluding hydrogens is 286 g/mol. The van der Waals surface area contributed by atoms with Crippen LogP contribution in [0.15, 0.2) is 53.6 Å². The van der Waals surface area contributed by atoms with Crippen LogP contribution in [0.25, 0.3) is 0 Å². The number of hydrazone groups is 1. The summed E-state index contributed by atoms with van der Waals surface area (Å²) in [7, 11) is 0. The number of hydrogen-bond donors (Lipinski definition) is 2. The molecule has 2 rings (SSSR count). The summed E-state index contributed by atoms with van der Waals surface area (Å²) < 4.78 is 0. The fourth-order valence-electron chi connectivity index (χ4n) is 2.11. The molecule has 0 aliphatic rings. The number of nitrogens with zero attached hydrogens (tertiary/aromatic N) is 1. The predicted molar refractivity (Wildman–Crippen MR) is 95.7 cm³/mol. The van der Waals surface area contributed by atoms with Crippen molar-refractivity contribution in [2.75, 3.05) is 5.73 Å². The maximum atomic E-state index is 12.0. The van der Waals surface area contributed by atoms with Gasteiger partial charge in [0.2, 0.25) is 0 Å². The van der Waals surface area contributed by atoms with E-state index in [9.17, 15) is 4.79 Å². The molecule has 4 heteroatoms. The van der Waals surface area contributed by atoms with E-state index in [2.05, 4.69) is 43.4 Å². The molecule has 3 N–H and O–H groups in total. The highest BCUT2D eigenvalue weighted by Gasteiger charge is 2.13. The van der Waals surface area contributed by atoms with Crippen LogP contribution >= 0.6 is 0 Å². The van der Waals surface area contributed by atoms with Gasteiger partial charge in [0, 0.05) is 11.3 Å². The SMILES string of the molecule is CC(=NNC(=O)c1ccc(N)cc1)c1ccc(C(C)(C)C)cc1. The molecule has 23 heavy (non-hydrogen) atoms. The zero-order valence-electron chi connectivity index (χ0n) is 14.1. The van der Waals surface area contributed by atoms with Gasteiger partial charge in [-0.05, 0) is 47.7 Å². The maximum absolute atomic E-state index is 12.0. The Balaban J connectivity index is 2.07.